The highest BCUT2D eigenvalue weighted by molar-refractivity contribution is 5.89. The van der Waals surface area contributed by atoms with Gasteiger partial charge < -0.3 is 10.3 Å². The zero-order valence-electron chi connectivity index (χ0n) is 12.2. The number of hydrogen-bond acceptors (Lipinski definition) is 1. The van der Waals surface area contributed by atoms with E-state index in [9.17, 15) is 0 Å². The fraction of sp³-hybridized carbons (Fsp3) is 0.500. The molecule has 1 aromatic carbocycles. The van der Waals surface area contributed by atoms with Crippen LogP contribution in [-0.4, -0.2) is 11.1 Å². The molecule has 0 radical (unpaired) electrons. The summed E-state index contributed by atoms with van der Waals surface area (Å²) < 4.78 is 2.32. The van der Waals surface area contributed by atoms with Gasteiger partial charge in [-0.05, 0) is 24.5 Å². The Hall–Kier alpha value is -1.28. The van der Waals surface area contributed by atoms with Crippen molar-refractivity contribution in [3.05, 3.63) is 35.0 Å². The Kier molecular flexibility index (Phi) is 3.24. The summed E-state index contributed by atoms with van der Waals surface area (Å²) >= 11 is 0. The molecule has 2 heteroatoms. The van der Waals surface area contributed by atoms with E-state index in [0.29, 0.717) is 6.54 Å². The largest absolute Gasteiger partial charge is 0.347 e. The predicted octanol–water partition coefficient (Wildman–Crippen LogP) is 3.29. The third kappa shape index (κ3) is 1.76. The van der Waals surface area contributed by atoms with E-state index in [1.807, 2.05) is 0 Å². The third-order valence-corrected chi connectivity index (χ3v) is 4.16. The summed E-state index contributed by atoms with van der Waals surface area (Å²) in [7, 11) is 2.16. The van der Waals surface area contributed by atoms with Crippen molar-refractivity contribution in [2.75, 3.05) is 6.54 Å². The highest BCUT2D eigenvalue weighted by Gasteiger charge is 2.26. The lowest BCUT2D eigenvalue weighted by Gasteiger charge is -2.23. The van der Waals surface area contributed by atoms with Gasteiger partial charge in [-0.1, -0.05) is 39.0 Å². The van der Waals surface area contributed by atoms with E-state index < -0.39 is 0 Å². The van der Waals surface area contributed by atoms with Gasteiger partial charge in [-0.2, -0.15) is 0 Å². The van der Waals surface area contributed by atoms with E-state index >= 15 is 0 Å². The molecule has 2 nitrogen and oxygen atoms in total. The Labute approximate surface area is 110 Å². The first-order chi connectivity index (χ1) is 8.44. The average molecular weight is 244 g/mol. The summed E-state index contributed by atoms with van der Waals surface area (Å²) in [6.45, 7) is 9.54. The fourth-order valence-corrected chi connectivity index (χ4v) is 2.96. The Balaban J connectivity index is 2.88. The van der Waals surface area contributed by atoms with Gasteiger partial charge in [-0.15, -0.1) is 0 Å². The van der Waals surface area contributed by atoms with Gasteiger partial charge in [0.05, 0.1) is 5.52 Å². The highest BCUT2D eigenvalue weighted by Crippen LogP contribution is 2.35. The summed E-state index contributed by atoms with van der Waals surface area (Å²) in [5.74, 6) is 0. The predicted molar refractivity (Wildman–Crippen MR) is 79.1 cm³/mol. The van der Waals surface area contributed by atoms with Gasteiger partial charge in [0.1, 0.15) is 0 Å². The number of fused-ring (bicyclic) bond motifs is 1. The number of aromatic nitrogens is 1. The molecule has 0 atom stereocenters. The first kappa shape index (κ1) is 13.2. The lowest BCUT2D eigenvalue weighted by Crippen LogP contribution is -2.28. The van der Waals surface area contributed by atoms with Gasteiger partial charge in [0.25, 0.3) is 0 Å². The van der Waals surface area contributed by atoms with Crippen LogP contribution < -0.4 is 5.73 Å². The summed E-state index contributed by atoms with van der Waals surface area (Å²) in [4.78, 5) is 0. The van der Waals surface area contributed by atoms with Crippen molar-refractivity contribution in [2.45, 2.75) is 39.5 Å². The topological polar surface area (TPSA) is 30.9 Å². The minimum absolute atomic E-state index is 0.0238. The summed E-state index contributed by atoms with van der Waals surface area (Å²) in [5.41, 5.74) is 11.5. The Morgan fingerprint density at radius 2 is 1.94 bits per heavy atom. The molecular formula is C16H24N2. The molecule has 0 aliphatic carbocycles. The second kappa shape index (κ2) is 4.43. The summed E-state index contributed by atoms with van der Waals surface area (Å²) in [6, 6.07) is 6.62. The molecule has 0 aliphatic heterocycles. The van der Waals surface area contributed by atoms with Gasteiger partial charge in [0.15, 0.2) is 0 Å². The zero-order chi connectivity index (χ0) is 13.5. The summed E-state index contributed by atoms with van der Waals surface area (Å²) in [5, 5.41) is 1.37. The number of benzene rings is 1. The molecule has 0 bridgehead atoms. The molecule has 98 valence electrons. The number of para-hydroxylation sites is 1. The highest BCUT2D eigenvalue weighted by atomic mass is 15.0. The Morgan fingerprint density at radius 3 is 2.50 bits per heavy atom. The first-order valence-corrected chi connectivity index (χ1v) is 6.71. The van der Waals surface area contributed by atoms with E-state index in [-0.39, 0.29) is 5.41 Å². The molecule has 1 heterocycles. The van der Waals surface area contributed by atoms with Crippen LogP contribution in [0.3, 0.4) is 0 Å². The van der Waals surface area contributed by atoms with Crippen LogP contribution in [0.15, 0.2) is 18.2 Å². The zero-order valence-corrected chi connectivity index (χ0v) is 12.2. The summed E-state index contributed by atoms with van der Waals surface area (Å²) in [6.07, 6.45) is 1.07. The van der Waals surface area contributed by atoms with Gasteiger partial charge in [-0.3, -0.25) is 0 Å². The number of hydrogen-bond donors (Lipinski definition) is 1. The average Bonchev–Trinajstić information content (AvgIpc) is 2.62. The molecule has 1 aromatic heterocycles. The first-order valence-electron chi connectivity index (χ1n) is 6.71. The molecule has 18 heavy (non-hydrogen) atoms. The quantitative estimate of drug-likeness (QED) is 0.882. The van der Waals surface area contributed by atoms with E-state index in [1.54, 1.807) is 0 Å². The van der Waals surface area contributed by atoms with Crippen LogP contribution in [0.25, 0.3) is 10.9 Å². The molecule has 0 unspecified atom stereocenters. The third-order valence-electron chi connectivity index (χ3n) is 4.16. The molecule has 0 aliphatic rings. The van der Waals surface area contributed by atoms with Crippen LogP contribution in [-0.2, 0) is 18.9 Å². The van der Waals surface area contributed by atoms with E-state index in [2.05, 4.69) is 57.5 Å². The minimum atomic E-state index is 0.0238. The SMILES string of the molecule is CCc1cccc2c(C(C)(C)CN)c(C)n(C)c12. The molecule has 2 N–H and O–H groups in total. The Bertz CT molecular complexity index is 576. The lowest BCUT2D eigenvalue weighted by atomic mass is 9.82. The number of nitrogens with two attached hydrogens (primary N) is 1. The second-order valence-corrected chi connectivity index (χ2v) is 5.77. The minimum Gasteiger partial charge on any atom is -0.347 e. The van der Waals surface area contributed by atoms with Crippen molar-refractivity contribution in [3.8, 4) is 0 Å². The van der Waals surface area contributed by atoms with Crippen molar-refractivity contribution >= 4 is 10.9 Å². The lowest BCUT2D eigenvalue weighted by molar-refractivity contribution is 0.537. The van der Waals surface area contributed by atoms with Gasteiger partial charge in [0.2, 0.25) is 0 Å². The van der Waals surface area contributed by atoms with Crippen LogP contribution in [0.4, 0.5) is 0 Å². The normalized spacial score (nSPS) is 12.3. The van der Waals surface area contributed by atoms with Crippen molar-refractivity contribution in [1.82, 2.24) is 4.57 Å². The smallest absolute Gasteiger partial charge is 0.0515 e. The van der Waals surface area contributed by atoms with E-state index in [1.165, 1.54) is 27.7 Å². The Morgan fingerprint density at radius 1 is 1.28 bits per heavy atom. The molecule has 0 fully saturated rings. The van der Waals surface area contributed by atoms with Crippen LogP contribution in [0.1, 0.15) is 37.6 Å². The number of nitrogens with zero attached hydrogens (tertiary/aromatic N) is 1. The molecule has 2 aromatic rings. The maximum atomic E-state index is 5.97. The molecule has 2 rings (SSSR count). The number of aryl methyl sites for hydroxylation is 2. The fourth-order valence-electron chi connectivity index (χ4n) is 2.96. The standard InChI is InChI=1S/C16H24N2/c1-6-12-8-7-9-13-14(16(3,4)10-17)11(2)18(5)15(12)13/h7-9H,6,10,17H2,1-5H3. The number of rotatable bonds is 3. The molecule has 0 amide bonds. The molecule has 0 saturated carbocycles. The van der Waals surface area contributed by atoms with Crippen molar-refractivity contribution in [1.29, 1.82) is 0 Å². The molecular weight excluding hydrogens is 220 g/mol. The van der Waals surface area contributed by atoms with Crippen LogP contribution >= 0.6 is 0 Å². The van der Waals surface area contributed by atoms with E-state index in [0.717, 1.165) is 6.42 Å². The van der Waals surface area contributed by atoms with Crippen molar-refractivity contribution in [3.63, 3.8) is 0 Å². The second-order valence-electron chi connectivity index (χ2n) is 5.77. The van der Waals surface area contributed by atoms with Crippen LogP contribution in [0, 0.1) is 6.92 Å². The maximum Gasteiger partial charge on any atom is 0.0515 e. The van der Waals surface area contributed by atoms with Gasteiger partial charge in [-0.25, -0.2) is 0 Å². The van der Waals surface area contributed by atoms with Gasteiger partial charge in [0, 0.05) is 30.1 Å². The monoisotopic (exact) mass is 244 g/mol. The van der Waals surface area contributed by atoms with Crippen molar-refractivity contribution < 1.29 is 0 Å². The van der Waals surface area contributed by atoms with Crippen LogP contribution in [0.2, 0.25) is 0 Å². The van der Waals surface area contributed by atoms with E-state index in [4.69, 9.17) is 5.73 Å². The van der Waals surface area contributed by atoms with Crippen LogP contribution in [0.5, 0.6) is 0 Å². The molecule has 0 saturated heterocycles. The van der Waals surface area contributed by atoms with Gasteiger partial charge >= 0.3 is 0 Å². The maximum absolute atomic E-state index is 5.97. The molecule has 0 spiro atoms. The van der Waals surface area contributed by atoms with Crippen molar-refractivity contribution in [2.24, 2.45) is 12.8 Å².